The fraction of sp³-hybridized carbons (Fsp3) is 0.545. The van der Waals surface area contributed by atoms with Crippen LogP contribution in [0.2, 0.25) is 0 Å². The Labute approximate surface area is 181 Å². The summed E-state index contributed by atoms with van der Waals surface area (Å²) < 4.78 is 0. The molecule has 0 bridgehead atoms. The van der Waals surface area contributed by atoms with Crippen molar-refractivity contribution in [3.05, 3.63) is 29.8 Å². The molecule has 30 heavy (non-hydrogen) atoms. The molecular weight excluding hydrogens is 402 g/mol. The molecular formula is C22H29N3O4S. The molecule has 2 fully saturated rings. The molecule has 3 atom stereocenters. The first kappa shape index (κ1) is 22.3. The number of amides is 4. The Hall–Kier alpha value is -2.35. The number of hydrogen-bond donors (Lipinski definition) is 2. The molecule has 4 amide bonds. The SMILES string of the molecule is CSCCC(C(=O)NCc1cccc(NC(C)=O)c1)N1C(=O)C2CCCCC2C1=O. The van der Waals surface area contributed by atoms with Crippen molar-refractivity contribution in [1.82, 2.24) is 10.2 Å². The first-order valence-corrected chi connectivity index (χ1v) is 11.8. The van der Waals surface area contributed by atoms with Gasteiger partial charge in [0.15, 0.2) is 0 Å². The highest BCUT2D eigenvalue weighted by Gasteiger charge is 2.51. The molecule has 3 unspecified atom stereocenters. The Morgan fingerprint density at radius 3 is 2.43 bits per heavy atom. The number of thioether (sulfide) groups is 1. The standard InChI is InChI=1S/C22H29N3O4S/c1-14(26)24-16-7-5-6-15(12-16)13-23-20(27)19(10-11-30-2)25-21(28)17-8-3-4-9-18(17)22(25)29/h5-7,12,17-19H,3-4,8-11,13H2,1-2H3,(H,23,27)(H,24,26). The molecule has 162 valence electrons. The fourth-order valence-electron chi connectivity index (χ4n) is 4.37. The predicted molar refractivity (Wildman–Crippen MR) is 117 cm³/mol. The number of carbonyl (C=O) groups excluding carboxylic acids is 4. The number of nitrogens with one attached hydrogen (secondary N) is 2. The van der Waals surface area contributed by atoms with E-state index in [0.29, 0.717) is 17.9 Å². The van der Waals surface area contributed by atoms with E-state index in [2.05, 4.69) is 10.6 Å². The van der Waals surface area contributed by atoms with Gasteiger partial charge >= 0.3 is 0 Å². The van der Waals surface area contributed by atoms with E-state index in [1.54, 1.807) is 30.0 Å². The number of likely N-dealkylation sites (tertiary alicyclic amines) is 1. The largest absolute Gasteiger partial charge is 0.350 e. The van der Waals surface area contributed by atoms with Crippen LogP contribution in [0.25, 0.3) is 0 Å². The zero-order valence-electron chi connectivity index (χ0n) is 17.5. The van der Waals surface area contributed by atoms with Crippen molar-refractivity contribution in [1.29, 1.82) is 0 Å². The summed E-state index contributed by atoms with van der Waals surface area (Å²) in [5, 5.41) is 5.60. The van der Waals surface area contributed by atoms with Crippen LogP contribution in [0.3, 0.4) is 0 Å². The van der Waals surface area contributed by atoms with Crippen molar-refractivity contribution in [3.8, 4) is 0 Å². The van der Waals surface area contributed by atoms with Crippen LogP contribution in [0.5, 0.6) is 0 Å². The average molecular weight is 432 g/mol. The maximum absolute atomic E-state index is 13.0. The normalized spacial score (nSPS) is 21.9. The molecule has 1 aliphatic heterocycles. The Bertz CT molecular complexity index is 804. The number of imide groups is 1. The Morgan fingerprint density at radius 1 is 1.17 bits per heavy atom. The van der Waals surface area contributed by atoms with Gasteiger partial charge in [0, 0.05) is 19.2 Å². The molecule has 1 aromatic rings. The minimum atomic E-state index is -0.776. The summed E-state index contributed by atoms with van der Waals surface area (Å²) in [6.45, 7) is 1.69. The zero-order chi connectivity index (χ0) is 21.7. The molecule has 8 heteroatoms. The van der Waals surface area contributed by atoms with Crippen LogP contribution >= 0.6 is 11.8 Å². The van der Waals surface area contributed by atoms with Gasteiger partial charge in [-0.25, -0.2) is 0 Å². The topological polar surface area (TPSA) is 95.6 Å². The minimum absolute atomic E-state index is 0.166. The molecule has 7 nitrogen and oxygen atoms in total. The van der Waals surface area contributed by atoms with Crippen molar-refractivity contribution in [3.63, 3.8) is 0 Å². The third-order valence-electron chi connectivity index (χ3n) is 5.80. The Morgan fingerprint density at radius 2 is 1.83 bits per heavy atom. The zero-order valence-corrected chi connectivity index (χ0v) is 18.3. The molecule has 1 aromatic carbocycles. The monoisotopic (exact) mass is 431 g/mol. The molecule has 1 heterocycles. The third kappa shape index (κ3) is 5.03. The van der Waals surface area contributed by atoms with E-state index in [9.17, 15) is 19.2 Å². The number of carbonyl (C=O) groups is 4. The molecule has 0 radical (unpaired) electrons. The molecule has 1 saturated carbocycles. The molecule has 2 N–H and O–H groups in total. The lowest BCUT2D eigenvalue weighted by molar-refractivity contribution is -0.148. The van der Waals surface area contributed by atoms with Crippen LogP contribution in [0.1, 0.15) is 44.6 Å². The van der Waals surface area contributed by atoms with Crippen LogP contribution < -0.4 is 10.6 Å². The van der Waals surface area contributed by atoms with Crippen LogP contribution in [-0.4, -0.2) is 46.6 Å². The summed E-state index contributed by atoms with van der Waals surface area (Å²) in [5.74, 6) is -0.676. The third-order valence-corrected chi connectivity index (χ3v) is 6.44. The average Bonchev–Trinajstić information content (AvgIpc) is 2.98. The number of rotatable bonds is 8. The summed E-state index contributed by atoms with van der Waals surface area (Å²) >= 11 is 1.59. The van der Waals surface area contributed by atoms with Gasteiger partial charge in [0.2, 0.25) is 23.6 Å². The fourth-order valence-corrected chi connectivity index (χ4v) is 4.83. The van der Waals surface area contributed by atoms with Gasteiger partial charge in [0.1, 0.15) is 6.04 Å². The molecule has 1 aliphatic carbocycles. The van der Waals surface area contributed by atoms with Gasteiger partial charge in [-0.15, -0.1) is 0 Å². The van der Waals surface area contributed by atoms with Gasteiger partial charge in [0.25, 0.3) is 0 Å². The number of nitrogens with zero attached hydrogens (tertiary/aromatic N) is 1. The van der Waals surface area contributed by atoms with Crippen molar-refractivity contribution in [2.75, 3.05) is 17.3 Å². The van der Waals surface area contributed by atoms with Gasteiger partial charge in [-0.05, 0) is 49.0 Å². The number of hydrogen-bond acceptors (Lipinski definition) is 5. The van der Waals surface area contributed by atoms with E-state index in [1.807, 2.05) is 12.3 Å². The highest BCUT2D eigenvalue weighted by atomic mass is 32.2. The second kappa shape index (κ2) is 10.1. The molecule has 2 aliphatic rings. The van der Waals surface area contributed by atoms with Gasteiger partial charge in [0.05, 0.1) is 11.8 Å². The maximum Gasteiger partial charge on any atom is 0.243 e. The van der Waals surface area contributed by atoms with Crippen LogP contribution in [0.15, 0.2) is 24.3 Å². The van der Waals surface area contributed by atoms with Crippen molar-refractivity contribution < 1.29 is 19.2 Å². The molecule has 3 rings (SSSR count). The lowest BCUT2D eigenvalue weighted by Gasteiger charge is -2.26. The van der Waals surface area contributed by atoms with Gasteiger partial charge in [-0.3, -0.25) is 24.1 Å². The van der Waals surface area contributed by atoms with Crippen molar-refractivity contribution in [2.45, 2.75) is 51.6 Å². The second-order valence-electron chi connectivity index (χ2n) is 7.94. The van der Waals surface area contributed by atoms with E-state index in [1.165, 1.54) is 11.8 Å². The minimum Gasteiger partial charge on any atom is -0.350 e. The van der Waals surface area contributed by atoms with Crippen LogP contribution in [0, 0.1) is 11.8 Å². The smallest absolute Gasteiger partial charge is 0.243 e. The first-order valence-electron chi connectivity index (χ1n) is 10.4. The van der Waals surface area contributed by atoms with Crippen molar-refractivity contribution >= 4 is 41.1 Å². The maximum atomic E-state index is 13.0. The van der Waals surface area contributed by atoms with Gasteiger partial charge in [-0.2, -0.15) is 11.8 Å². The quantitative estimate of drug-likeness (QED) is 0.617. The summed E-state index contributed by atoms with van der Waals surface area (Å²) in [6.07, 6.45) is 5.77. The Balaban J connectivity index is 1.71. The van der Waals surface area contributed by atoms with E-state index >= 15 is 0 Å². The Kier molecular flexibility index (Phi) is 7.53. The predicted octanol–water partition coefficient (Wildman–Crippen LogP) is 2.56. The van der Waals surface area contributed by atoms with Crippen molar-refractivity contribution in [2.24, 2.45) is 11.8 Å². The van der Waals surface area contributed by atoms with Gasteiger partial charge in [-0.1, -0.05) is 25.0 Å². The summed E-state index contributed by atoms with van der Waals surface area (Å²) in [5.41, 5.74) is 1.48. The summed E-state index contributed by atoms with van der Waals surface area (Å²) in [6, 6.07) is 6.44. The number of benzene rings is 1. The highest BCUT2D eigenvalue weighted by molar-refractivity contribution is 7.98. The van der Waals surface area contributed by atoms with E-state index in [4.69, 9.17) is 0 Å². The molecule has 0 spiro atoms. The lowest BCUT2D eigenvalue weighted by atomic mass is 9.81. The van der Waals surface area contributed by atoms with E-state index in [0.717, 1.165) is 31.2 Å². The summed E-state index contributed by atoms with van der Waals surface area (Å²) in [4.78, 5) is 51.4. The van der Waals surface area contributed by atoms with E-state index < -0.39 is 6.04 Å². The van der Waals surface area contributed by atoms with E-state index in [-0.39, 0.29) is 42.0 Å². The summed E-state index contributed by atoms with van der Waals surface area (Å²) in [7, 11) is 0. The molecule has 1 saturated heterocycles. The first-order chi connectivity index (χ1) is 14.4. The van der Waals surface area contributed by atoms with Gasteiger partial charge < -0.3 is 10.6 Å². The van der Waals surface area contributed by atoms with Crippen LogP contribution in [-0.2, 0) is 25.7 Å². The van der Waals surface area contributed by atoms with Crippen LogP contribution in [0.4, 0.5) is 5.69 Å². The molecule has 0 aromatic heterocycles. The second-order valence-corrected chi connectivity index (χ2v) is 8.93. The lowest BCUT2D eigenvalue weighted by Crippen LogP contribution is -2.50. The number of fused-ring (bicyclic) bond motifs is 1. The highest BCUT2D eigenvalue weighted by Crippen LogP contribution is 2.39. The number of anilines is 1.